The highest BCUT2D eigenvalue weighted by molar-refractivity contribution is 14.0. The molecule has 0 aliphatic heterocycles. The fourth-order valence-electron chi connectivity index (χ4n) is 2.84. The molecule has 3 N–H and O–H groups in total. The van der Waals surface area contributed by atoms with Crippen LogP contribution in [0.1, 0.15) is 31.5 Å². The SMILES string of the molecule is CN=C(NCc1ncc(-c2ccccc2)[nH]1)NC1CCCC1.I. The monoisotopic (exact) mass is 425 g/mol. The molecule has 1 aliphatic rings. The van der Waals surface area contributed by atoms with E-state index in [-0.39, 0.29) is 24.0 Å². The third-order valence-corrected chi connectivity index (χ3v) is 4.06. The van der Waals surface area contributed by atoms with E-state index in [2.05, 4.69) is 37.7 Å². The zero-order valence-corrected chi connectivity index (χ0v) is 15.7. The summed E-state index contributed by atoms with van der Waals surface area (Å²) in [5.41, 5.74) is 2.19. The summed E-state index contributed by atoms with van der Waals surface area (Å²) in [4.78, 5) is 12.1. The summed E-state index contributed by atoms with van der Waals surface area (Å²) in [6.07, 6.45) is 6.97. The molecule has 23 heavy (non-hydrogen) atoms. The molecule has 1 saturated carbocycles. The Morgan fingerprint density at radius 1 is 1.26 bits per heavy atom. The minimum atomic E-state index is 0. The van der Waals surface area contributed by atoms with Gasteiger partial charge in [-0.15, -0.1) is 24.0 Å². The van der Waals surface area contributed by atoms with Gasteiger partial charge in [-0.2, -0.15) is 0 Å². The van der Waals surface area contributed by atoms with Gasteiger partial charge in [0.05, 0.1) is 18.4 Å². The number of H-pyrrole nitrogens is 1. The summed E-state index contributed by atoms with van der Waals surface area (Å²) in [5, 5.41) is 6.79. The number of imidazole rings is 1. The minimum Gasteiger partial charge on any atom is -0.354 e. The van der Waals surface area contributed by atoms with E-state index in [9.17, 15) is 0 Å². The Hall–Kier alpha value is -1.57. The van der Waals surface area contributed by atoms with E-state index < -0.39 is 0 Å². The van der Waals surface area contributed by atoms with Crippen molar-refractivity contribution in [2.45, 2.75) is 38.3 Å². The molecule has 1 aromatic carbocycles. The molecule has 0 radical (unpaired) electrons. The summed E-state index contributed by atoms with van der Waals surface area (Å²) in [6.45, 7) is 0.638. The van der Waals surface area contributed by atoms with Gasteiger partial charge in [-0.05, 0) is 18.4 Å². The maximum absolute atomic E-state index is 4.43. The zero-order chi connectivity index (χ0) is 15.2. The first-order chi connectivity index (χ1) is 10.8. The molecule has 5 nitrogen and oxygen atoms in total. The van der Waals surface area contributed by atoms with Crippen molar-refractivity contribution in [2.24, 2.45) is 4.99 Å². The molecule has 1 aliphatic carbocycles. The lowest BCUT2D eigenvalue weighted by molar-refractivity contribution is 0.611. The fourth-order valence-corrected chi connectivity index (χ4v) is 2.84. The van der Waals surface area contributed by atoms with Crippen LogP contribution in [-0.4, -0.2) is 29.0 Å². The van der Waals surface area contributed by atoms with E-state index in [1.807, 2.05) is 31.4 Å². The molecule has 0 amide bonds. The first-order valence-corrected chi connectivity index (χ1v) is 7.91. The van der Waals surface area contributed by atoms with Crippen LogP contribution in [0, 0.1) is 0 Å². The van der Waals surface area contributed by atoms with Gasteiger partial charge in [0.1, 0.15) is 5.82 Å². The number of rotatable bonds is 4. The van der Waals surface area contributed by atoms with E-state index in [1.165, 1.54) is 25.7 Å². The van der Waals surface area contributed by atoms with Crippen LogP contribution < -0.4 is 10.6 Å². The second-order valence-electron chi connectivity index (χ2n) is 5.66. The average molecular weight is 425 g/mol. The Bertz CT molecular complexity index is 617. The van der Waals surface area contributed by atoms with Gasteiger partial charge in [-0.1, -0.05) is 43.2 Å². The minimum absolute atomic E-state index is 0. The number of guanidine groups is 1. The standard InChI is InChI=1S/C17H23N5.HI/c1-18-17(21-14-9-5-6-10-14)20-12-16-19-11-15(22-16)13-7-3-2-4-8-13;/h2-4,7-8,11,14H,5-6,9-10,12H2,1H3,(H,19,22)(H2,18,20,21);1H. The number of hydrogen-bond donors (Lipinski definition) is 3. The summed E-state index contributed by atoms with van der Waals surface area (Å²) in [6, 6.07) is 10.8. The first-order valence-electron chi connectivity index (χ1n) is 7.91. The summed E-state index contributed by atoms with van der Waals surface area (Å²) in [7, 11) is 1.81. The molecule has 1 heterocycles. The van der Waals surface area contributed by atoms with E-state index in [4.69, 9.17) is 0 Å². The number of hydrogen-bond acceptors (Lipinski definition) is 2. The Kier molecular flexibility index (Phi) is 6.88. The first kappa shape index (κ1) is 17.8. The van der Waals surface area contributed by atoms with Gasteiger partial charge < -0.3 is 15.6 Å². The fraction of sp³-hybridized carbons (Fsp3) is 0.412. The van der Waals surface area contributed by atoms with Crippen LogP contribution in [0.25, 0.3) is 11.3 Å². The number of nitrogens with one attached hydrogen (secondary N) is 3. The summed E-state index contributed by atoms with van der Waals surface area (Å²) >= 11 is 0. The molecule has 0 unspecified atom stereocenters. The van der Waals surface area contributed by atoms with Gasteiger partial charge in [0.25, 0.3) is 0 Å². The van der Waals surface area contributed by atoms with Crippen molar-refractivity contribution in [2.75, 3.05) is 7.05 Å². The number of aromatic nitrogens is 2. The van der Waals surface area contributed by atoms with Crippen LogP contribution in [0.2, 0.25) is 0 Å². The predicted molar refractivity (Wildman–Crippen MR) is 105 cm³/mol. The van der Waals surface area contributed by atoms with Gasteiger partial charge >= 0.3 is 0 Å². The average Bonchev–Trinajstić information content (AvgIpc) is 3.24. The Balaban J connectivity index is 0.00000192. The van der Waals surface area contributed by atoms with Crippen molar-refractivity contribution in [1.29, 1.82) is 0 Å². The third kappa shape index (κ3) is 4.95. The molecule has 6 heteroatoms. The quantitative estimate of drug-likeness (QED) is 0.400. The normalized spacial score (nSPS) is 15.3. The van der Waals surface area contributed by atoms with Crippen molar-refractivity contribution in [3.8, 4) is 11.3 Å². The summed E-state index contributed by atoms with van der Waals surface area (Å²) < 4.78 is 0. The Morgan fingerprint density at radius 2 is 2.00 bits per heavy atom. The lowest BCUT2D eigenvalue weighted by Crippen LogP contribution is -2.42. The third-order valence-electron chi connectivity index (χ3n) is 4.06. The van der Waals surface area contributed by atoms with E-state index in [0.717, 1.165) is 23.0 Å². The van der Waals surface area contributed by atoms with E-state index in [0.29, 0.717) is 12.6 Å². The lowest BCUT2D eigenvalue weighted by atomic mass is 10.2. The van der Waals surface area contributed by atoms with Crippen molar-refractivity contribution in [3.05, 3.63) is 42.4 Å². The molecule has 0 spiro atoms. The van der Waals surface area contributed by atoms with Crippen molar-refractivity contribution in [1.82, 2.24) is 20.6 Å². The van der Waals surface area contributed by atoms with Crippen LogP contribution in [0.3, 0.4) is 0 Å². The van der Waals surface area contributed by atoms with E-state index in [1.54, 1.807) is 0 Å². The van der Waals surface area contributed by atoms with Gasteiger partial charge in [0, 0.05) is 13.1 Å². The molecule has 0 saturated heterocycles. The molecule has 2 aromatic rings. The van der Waals surface area contributed by atoms with Crippen LogP contribution in [0.5, 0.6) is 0 Å². The maximum atomic E-state index is 4.43. The number of aromatic amines is 1. The number of aliphatic imine (C=N–C) groups is 1. The van der Waals surface area contributed by atoms with Crippen molar-refractivity contribution < 1.29 is 0 Å². The van der Waals surface area contributed by atoms with E-state index >= 15 is 0 Å². The molecule has 1 fully saturated rings. The number of benzene rings is 1. The van der Waals surface area contributed by atoms with Crippen molar-refractivity contribution >= 4 is 29.9 Å². The smallest absolute Gasteiger partial charge is 0.191 e. The Labute approximate surface area is 154 Å². The van der Waals surface area contributed by atoms with Crippen LogP contribution >= 0.6 is 24.0 Å². The van der Waals surface area contributed by atoms with Crippen LogP contribution in [-0.2, 0) is 6.54 Å². The van der Waals surface area contributed by atoms with Crippen LogP contribution in [0.15, 0.2) is 41.5 Å². The molecule has 124 valence electrons. The molecular weight excluding hydrogens is 401 g/mol. The molecule has 1 aromatic heterocycles. The van der Waals surface area contributed by atoms with Gasteiger partial charge in [-0.25, -0.2) is 4.98 Å². The second-order valence-corrected chi connectivity index (χ2v) is 5.66. The Morgan fingerprint density at radius 3 is 2.70 bits per heavy atom. The highest BCUT2D eigenvalue weighted by Crippen LogP contribution is 2.17. The number of nitrogens with zero attached hydrogens (tertiary/aromatic N) is 2. The highest BCUT2D eigenvalue weighted by atomic mass is 127. The van der Waals surface area contributed by atoms with Crippen LogP contribution in [0.4, 0.5) is 0 Å². The number of halogens is 1. The topological polar surface area (TPSA) is 65.1 Å². The van der Waals surface area contributed by atoms with Gasteiger partial charge in [-0.3, -0.25) is 4.99 Å². The highest BCUT2D eigenvalue weighted by Gasteiger charge is 2.15. The maximum Gasteiger partial charge on any atom is 0.191 e. The largest absolute Gasteiger partial charge is 0.354 e. The second kappa shape index (κ2) is 8.90. The molecule has 0 bridgehead atoms. The van der Waals surface area contributed by atoms with Crippen molar-refractivity contribution in [3.63, 3.8) is 0 Å². The summed E-state index contributed by atoms with van der Waals surface area (Å²) in [5.74, 6) is 1.76. The van der Waals surface area contributed by atoms with Gasteiger partial charge in [0.15, 0.2) is 5.96 Å². The molecule has 0 atom stereocenters. The zero-order valence-electron chi connectivity index (χ0n) is 13.4. The predicted octanol–water partition coefficient (Wildman–Crippen LogP) is 3.30. The lowest BCUT2D eigenvalue weighted by Gasteiger charge is -2.16. The molecular formula is C17H24IN5. The molecule has 3 rings (SSSR count). The van der Waals surface area contributed by atoms with Gasteiger partial charge in [0.2, 0.25) is 0 Å².